The first-order chi connectivity index (χ1) is 14.1. The molecule has 0 heterocycles. The van der Waals surface area contributed by atoms with Gasteiger partial charge >= 0.3 is 5.97 Å². The second kappa shape index (κ2) is 7.63. The number of ether oxygens (including phenoxy) is 1. The van der Waals surface area contributed by atoms with Crippen molar-refractivity contribution in [1.82, 2.24) is 0 Å². The molecule has 2 aromatic carbocycles. The van der Waals surface area contributed by atoms with Crippen molar-refractivity contribution in [1.29, 1.82) is 0 Å². The summed E-state index contributed by atoms with van der Waals surface area (Å²) in [5.74, 6) is -2.53. The zero-order valence-electron chi connectivity index (χ0n) is 17.1. The zero-order valence-corrected chi connectivity index (χ0v) is 17.1. The minimum Gasteiger partial charge on any atom is -0.507 e. The van der Waals surface area contributed by atoms with E-state index in [1.807, 2.05) is 20.8 Å². The maximum atomic E-state index is 12.8. The van der Waals surface area contributed by atoms with Crippen molar-refractivity contribution in [2.45, 2.75) is 26.2 Å². The molecule has 3 rings (SSSR count). The fraction of sp³-hybridized carbons (Fsp3) is 0.208. The van der Waals surface area contributed by atoms with Crippen LogP contribution in [0.5, 0.6) is 5.75 Å². The number of phenols is 1. The van der Waals surface area contributed by atoms with Crippen LogP contribution < -0.4 is 0 Å². The number of carbonyl (C=O) groups excluding carboxylic acids is 3. The van der Waals surface area contributed by atoms with Crippen LogP contribution in [-0.2, 0) is 19.7 Å². The van der Waals surface area contributed by atoms with Gasteiger partial charge < -0.3 is 14.9 Å². The predicted molar refractivity (Wildman–Crippen MR) is 113 cm³/mol. The van der Waals surface area contributed by atoms with Gasteiger partial charge in [-0.15, -0.1) is 0 Å². The Kier molecular flexibility index (Phi) is 5.35. The number of phenolic OH excluding ortho intramolecular Hbond substituents is 1. The number of benzene rings is 2. The molecule has 0 bridgehead atoms. The number of aromatic hydroxyl groups is 1. The Labute approximate surface area is 174 Å². The highest BCUT2D eigenvalue weighted by Crippen LogP contribution is 2.40. The molecule has 2 aromatic rings. The first kappa shape index (κ1) is 21.0. The maximum absolute atomic E-state index is 12.8. The molecule has 0 fully saturated rings. The van der Waals surface area contributed by atoms with Crippen molar-refractivity contribution in [3.63, 3.8) is 0 Å². The quantitative estimate of drug-likeness (QED) is 0.453. The van der Waals surface area contributed by atoms with Crippen molar-refractivity contribution in [3.8, 4) is 5.75 Å². The molecule has 0 aliphatic heterocycles. The summed E-state index contributed by atoms with van der Waals surface area (Å²) >= 11 is 0. The van der Waals surface area contributed by atoms with Gasteiger partial charge in [-0.05, 0) is 29.2 Å². The molecular weight excluding hydrogens is 384 g/mol. The van der Waals surface area contributed by atoms with Gasteiger partial charge in [-0.3, -0.25) is 9.59 Å². The van der Waals surface area contributed by atoms with Gasteiger partial charge in [0.25, 0.3) is 0 Å². The number of hydrogen-bond donors (Lipinski definition) is 2. The first-order valence-electron chi connectivity index (χ1n) is 9.31. The van der Waals surface area contributed by atoms with Crippen LogP contribution in [-0.4, -0.2) is 34.9 Å². The Morgan fingerprint density at radius 2 is 1.63 bits per heavy atom. The van der Waals surface area contributed by atoms with E-state index in [9.17, 15) is 24.6 Å². The number of rotatable bonds is 3. The van der Waals surface area contributed by atoms with Gasteiger partial charge in [-0.25, -0.2) is 4.79 Å². The third kappa shape index (κ3) is 3.64. The van der Waals surface area contributed by atoms with E-state index in [1.165, 1.54) is 25.3 Å². The number of fused-ring (bicyclic) bond motifs is 1. The second-order valence-electron chi connectivity index (χ2n) is 8.00. The van der Waals surface area contributed by atoms with E-state index in [0.717, 1.165) is 6.08 Å². The lowest BCUT2D eigenvalue weighted by Crippen LogP contribution is -2.23. The van der Waals surface area contributed by atoms with Gasteiger partial charge in [0.1, 0.15) is 11.5 Å². The van der Waals surface area contributed by atoms with Crippen molar-refractivity contribution in [2.75, 3.05) is 7.11 Å². The summed E-state index contributed by atoms with van der Waals surface area (Å²) < 4.78 is 4.59. The largest absolute Gasteiger partial charge is 0.507 e. The molecule has 2 N–H and O–H groups in total. The normalized spacial score (nSPS) is 14.3. The molecule has 1 aliphatic carbocycles. The number of methoxy groups -OCH3 is 1. The number of aliphatic hydroxyl groups is 1. The number of carbonyl (C=O) groups is 3. The number of esters is 1. The van der Waals surface area contributed by atoms with E-state index in [4.69, 9.17) is 0 Å². The fourth-order valence-electron chi connectivity index (χ4n) is 3.36. The molecule has 6 nitrogen and oxygen atoms in total. The second-order valence-corrected chi connectivity index (χ2v) is 8.00. The van der Waals surface area contributed by atoms with Crippen LogP contribution in [0.15, 0.2) is 42.5 Å². The predicted octanol–water partition coefficient (Wildman–Crippen LogP) is 4.07. The van der Waals surface area contributed by atoms with E-state index >= 15 is 0 Å². The van der Waals surface area contributed by atoms with Crippen LogP contribution >= 0.6 is 0 Å². The van der Waals surface area contributed by atoms with Crippen molar-refractivity contribution in [3.05, 3.63) is 70.3 Å². The summed E-state index contributed by atoms with van der Waals surface area (Å²) in [6.45, 7) is 5.62. The molecule has 0 saturated carbocycles. The maximum Gasteiger partial charge on any atom is 0.330 e. The van der Waals surface area contributed by atoms with Crippen molar-refractivity contribution < 1.29 is 29.3 Å². The molecule has 30 heavy (non-hydrogen) atoms. The molecule has 0 atom stereocenters. The Morgan fingerprint density at radius 1 is 1.00 bits per heavy atom. The van der Waals surface area contributed by atoms with E-state index in [2.05, 4.69) is 4.74 Å². The standard InChI is InChI=1S/C24H22O6/c1-24(2,3)17-12-14(11-13(20(17)26)9-10-18(25)30-4)19-21(27)15-7-5-6-8-16(15)22(28)23(19)29/h5-12,26-27H,1-4H3/b10-9+. The van der Waals surface area contributed by atoms with Crippen LogP contribution in [0.2, 0.25) is 0 Å². The summed E-state index contributed by atoms with van der Waals surface area (Å²) in [7, 11) is 1.23. The van der Waals surface area contributed by atoms with Gasteiger partial charge in [0.05, 0.1) is 12.7 Å². The molecule has 0 amide bonds. The van der Waals surface area contributed by atoms with Gasteiger partial charge in [0, 0.05) is 28.3 Å². The lowest BCUT2D eigenvalue weighted by Gasteiger charge is -2.24. The molecule has 0 spiro atoms. The third-order valence-electron chi connectivity index (χ3n) is 4.93. The topological polar surface area (TPSA) is 101 Å². The van der Waals surface area contributed by atoms with Gasteiger partial charge in [0.15, 0.2) is 0 Å². The zero-order chi connectivity index (χ0) is 22.2. The Hall–Kier alpha value is -3.67. The van der Waals surface area contributed by atoms with Crippen molar-refractivity contribution >= 4 is 34.9 Å². The van der Waals surface area contributed by atoms with E-state index < -0.39 is 23.0 Å². The minimum atomic E-state index is -0.834. The molecule has 0 saturated heterocycles. The van der Waals surface area contributed by atoms with Crippen LogP contribution in [0, 0.1) is 0 Å². The minimum absolute atomic E-state index is 0.0681. The molecule has 0 aromatic heterocycles. The van der Waals surface area contributed by atoms with E-state index in [1.54, 1.807) is 24.3 Å². The Bertz CT molecular complexity index is 1130. The summed E-state index contributed by atoms with van der Waals surface area (Å²) in [6, 6.07) is 9.38. The van der Waals surface area contributed by atoms with Gasteiger partial charge in [-0.1, -0.05) is 45.0 Å². The fourth-order valence-corrected chi connectivity index (χ4v) is 3.36. The SMILES string of the molecule is COC(=O)/C=C/c1cc(C2=C(O)c3ccccc3C(=O)C2=O)cc(C(C)(C)C)c1O. The Balaban J connectivity index is 2.30. The average Bonchev–Trinajstić information content (AvgIpc) is 2.71. The number of Topliss-reactive ketones (excluding diaryl/α,β-unsaturated/α-hetero) is 2. The average molecular weight is 406 g/mol. The van der Waals surface area contributed by atoms with E-state index in [0.29, 0.717) is 5.56 Å². The molecule has 1 aliphatic rings. The lowest BCUT2D eigenvalue weighted by atomic mass is 9.80. The van der Waals surface area contributed by atoms with Crippen LogP contribution in [0.3, 0.4) is 0 Å². The molecule has 6 heteroatoms. The van der Waals surface area contributed by atoms with Gasteiger partial charge in [0.2, 0.25) is 11.6 Å². The van der Waals surface area contributed by atoms with Crippen LogP contribution in [0.1, 0.15) is 53.4 Å². The first-order valence-corrected chi connectivity index (χ1v) is 9.31. The Morgan fingerprint density at radius 3 is 2.23 bits per heavy atom. The van der Waals surface area contributed by atoms with Crippen LogP contribution in [0.4, 0.5) is 0 Å². The number of allylic oxidation sites excluding steroid dienone is 1. The van der Waals surface area contributed by atoms with Crippen LogP contribution in [0.25, 0.3) is 17.4 Å². The molecule has 0 radical (unpaired) electrons. The molecule has 154 valence electrons. The smallest absolute Gasteiger partial charge is 0.330 e. The number of aliphatic hydroxyl groups excluding tert-OH is 1. The highest BCUT2D eigenvalue weighted by atomic mass is 16.5. The summed E-state index contributed by atoms with van der Waals surface area (Å²) in [5, 5.41) is 21.6. The van der Waals surface area contributed by atoms with Crippen molar-refractivity contribution in [2.24, 2.45) is 0 Å². The molecule has 0 unspecified atom stereocenters. The monoisotopic (exact) mass is 406 g/mol. The number of hydrogen-bond acceptors (Lipinski definition) is 6. The third-order valence-corrected chi connectivity index (χ3v) is 4.93. The summed E-state index contributed by atoms with van der Waals surface area (Å²) in [5.41, 5.74) is 0.762. The van der Waals surface area contributed by atoms with Gasteiger partial charge in [-0.2, -0.15) is 0 Å². The number of ketones is 2. The lowest BCUT2D eigenvalue weighted by molar-refractivity contribution is -0.134. The highest BCUT2D eigenvalue weighted by Gasteiger charge is 2.34. The molecular formula is C24H22O6. The highest BCUT2D eigenvalue weighted by molar-refractivity contribution is 6.62. The summed E-state index contributed by atoms with van der Waals surface area (Å²) in [4.78, 5) is 37.0. The summed E-state index contributed by atoms with van der Waals surface area (Å²) in [6.07, 6.45) is 2.50. The van der Waals surface area contributed by atoms with E-state index in [-0.39, 0.29) is 39.3 Å².